The highest BCUT2D eigenvalue weighted by atomic mass is 16.5. The lowest BCUT2D eigenvalue weighted by Gasteiger charge is -2.33. The fourth-order valence-corrected chi connectivity index (χ4v) is 2.85. The monoisotopic (exact) mass is 273 g/mol. The second-order valence-corrected chi connectivity index (χ2v) is 5.20. The fraction of sp³-hybridized carbons (Fsp3) is 0.467. The van der Waals surface area contributed by atoms with Crippen LogP contribution >= 0.6 is 0 Å². The quantitative estimate of drug-likeness (QED) is 0.801. The number of carbonyl (C=O) groups is 1. The number of hydrogen-bond donors (Lipinski definition) is 0. The Bertz CT molecular complexity index is 575. The summed E-state index contributed by atoms with van der Waals surface area (Å²) in [5, 5.41) is 0. The molecule has 0 bridgehead atoms. The maximum absolute atomic E-state index is 11.9. The Hall–Kier alpha value is -1.88. The predicted octanol–water partition coefficient (Wildman–Crippen LogP) is 1.86. The van der Waals surface area contributed by atoms with Crippen LogP contribution in [0.15, 0.2) is 30.6 Å². The zero-order valence-electron chi connectivity index (χ0n) is 11.7. The van der Waals surface area contributed by atoms with Gasteiger partial charge in [0.2, 0.25) is 0 Å². The van der Waals surface area contributed by atoms with E-state index in [1.165, 1.54) is 7.11 Å². The van der Waals surface area contributed by atoms with Gasteiger partial charge in [-0.3, -0.25) is 9.69 Å². The van der Waals surface area contributed by atoms with Crippen molar-refractivity contribution in [3.63, 3.8) is 0 Å². The lowest BCUT2D eigenvalue weighted by atomic mass is 10.0. The number of hydrogen-bond acceptors (Lipinski definition) is 4. The van der Waals surface area contributed by atoms with Gasteiger partial charge in [0, 0.05) is 18.9 Å². The average molecular weight is 273 g/mol. The molecule has 0 aromatic carbocycles. The Kier molecular flexibility index (Phi) is 3.69. The van der Waals surface area contributed by atoms with Crippen molar-refractivity contribution in [3.8, 4) is 0 Å². The van der Waals surface area contributed by atoms with Gasteiger partial charge in [-0.2, -0.15) is 0 Å². The molecular formula is C15H19N3O2. The largest absolute Gasteiger partial charge is 0.468 e. The standard InChI is InChI=1S/C15H19N3O2/c1-20-15(19)13-6-2-4-8-17(13)10-12-11-18-9-5-3-7-14(18)16-12/h3,5,7,9,11,13H,2,4,6,8,10H2,1H3. The minimum Gasteiger partial charge on any atom is -0.468 e. The number of ether oxygens (including phenoxy) is 1. The van der Waals surface area contributed by atoms with Gasteiger partial charge in [0.1, 0.15) is 11.7 Å². The lowest BCUT2D eigenvalue weighted by molar-refractivity contribution is -0.148. The molecule has 5 nitrogen and oxygen atoms in total. The van der Waals surface area contributed by atoms with Crippen LogP contribution in [-0.4, -0.2) is 40.0 Å². The van der Waals surface area contributed by atoms with E-state index in [-0.39, 0.29) is 12.0 Å². The Balaban J connectivity index is 1.79. The van der Waals surface area contributed by atoms with E-state index >= 15 is 0 Å². The smallest absolute Gasteiger partial charge is 0.323 e. The maximum Gasteiger partial charge on any atom is 0.323 e. The number of carbonyl (C=O) groups excluding carboxylic acids is 1. The Morgan fingerprint density at radius 3 is 3.15 bits per heavy atom. The van der Waals surface area contributed by atoms with Gasteiger partial charge in [-0.1, -0.05) is 12.5 Å². The van der Waals surface area contributed by atoms with E-state index in [4.69, 9.17) is 4.74 Å². The first-order valence-corrected chi connectivity index (χ1v) is 7.02. The molecular weight excluding hydrogens is 254 g/mol. The summed E-state index contributed by atoms with van der Waals surface area (Å²) in [7, 11) is 1.46. The van der Waals surface area contributed by atoms with Gasteiger partial charge >= 0.3 is 5.97 Å². The van der Waals surface area contributed by atoms with Crippen LogP contribution in [0.4, 0.5) is 0 Å². The van der Waals surface area contributed by atoms with Crippen LogP contribution in [-0.2, 0) is 16.1 Å². The van der Waals surface area contributed by atoms with Crippen molar-refractivity contribution in [1.29, 1.82) is 0 Å². The molecule has 1 fully saturated rings. The number of pyridine rings is 1. The summed E-state index contributed by atoms with van der Waals surface area (Å²) >= 11 is 0. The number of imidazole rings is 1. The summed E-state index contributed by atoms with van der Waals surface area (Å²) in [5.41, 5.74) is 1.93. The molecule has 0 radical (unpaired) electrons. The van der Waals surface area contributed by atoms with Crippen LogP contribution in [0.1, 0.15) is 25.0 Å². The summed E-state index contributed by atoms with van der Waals surface area (Å²) < 4.78 is 6.92. The molecule has 0 saturated carbocycles. The molecule has 1 atom stereocenters. The molecule has 0 spiro atoms. The van der Waals surface area contributed by atoms with Gasteiger partial charge in [-0.05, 0) is 31.5 Å². The minimum atomic E-state index is -0.131. The predicted molar refractivity (Wildman–Crippen MR) is 75.3 cm³/mol. The minimum absolute atomic E-state index is 0.126. The molecule has 1 saturated heterocycles. The van der Waals surface area contributed by atoms with Gasteiger partial charge < -0.3 is 9.14 Å². The average Bonchev–Trinajstić information content (AvgIpc) is 2.89. The molecule has 0 aliphatic carbocycles. The van der Waals surface area contributed by atoms with Gasteiger partial charge in [0.15, 0.2) is 0 Å². The second-order valence-electron chi connectivity index (χ2n) is 5.20. The second kappa shape index (κ2) is 5.63. The first-order valence-electron chi connectivity index (χ1n) is 7.02. The molecule has 20 heavy (non-hydrogen) atoms. The molecule has 5 heteroatoms. The Morgan fingerprint density at radius 2 is 2.35 bits per heavy atom. The molecule has 0 N–H and O–H groups in total. The Labute approximate surface area is 118 Å². The summed E-state index contributed by atoms with van der Waals surface area (Å²) in [5.74, 6) is -0.131. The van der Waals surface area contributed by atoms with Crippen LogP contribution in [0.5, 0.6) is 0 Å². The highest BCUT2D eigenvalue weighted by Gasteiger charge is 2.29. The maximum atomic E-state index is 11.9. The van der Waals surface area contributed by atoms with Crippen molar-refractivity contribution in [2.24, 2.45) is 0 Å². The molecule has 0 amide bonds. The fourth-order valence-electron chi connectivity index (χ4n) is 2.85. The van der Waals surface area contributed by atoms with Crippen molar-refractivity contribution in [1.82, 2.24) is 14.3 Å². The molecule has 1 aliphatic heterocycles. The van der Waals surface area contributed by atoms with Crippen LogP contribution < -0.4 is 0 Å². The number of nitrogens with zero attached hydrogens (tertiary/aromatic N) is 3. The van der Waals surface area contributed by atoms with E-state index in [0.29, 0.717) is 6.54 Å². The zero-order chi connectivity index (χ0) is 13.9. The van der Waals surface area contributed by atoms with Gasteiger partial charge in [0.25, 0.3) is 0 Å². The number of aromatic nitrogens is 2. The lowest BCUT2D eigenvalue weighted by Crippen LogP contribution is -2.44. The molecule has 106 valence electrons. The number of piperidine rings is 1. The van der Waals surface area contributed by atoms with Gasteiger partial charge in [0.05, 0.1) is 12.8 Å². The van der Waals surface area contributed by atoms with Gasteiger partial charge in [-0.25, -0.2) is 4.98 Å². The van der Waals surface area contributed by atoms with E-state index in [1.54, 1.807) is 0 Å². The Morgan fingerprint density at radius 1 is 1.45 bits per heavy atom. The molecule has 3 rings (SSSR count). The number of methoxy groups -OCH3 is 1. The zero-order valence-corrected chi connectivity index (χ0v) is 11.7. The number of fused-ring (bicyclic) bond motifs is 1. The highest BCUT2D eigenvalue weighted by molar-refractivity contribution is 5.75. The van der Waals surface area contributed by atoms with Crippen LogP contribution in [0.2, 0.25) is 0 Å². The summed E-state index contributed by atoms with van der Waals surface area (Å²) in [6, 6.07) is 5.82. The van der Waals surface area contributed by atoms with E-state index in [0.717, 1.165) is 37.1 Å². The third-order valence-corrected chi connectivity index (χ3v) is 3.87. The first kappa shape index (κ1) is 13.1. The molecule has 2 aromatic rings. The third kappa shape index (κ3) is 2.54. The van der Waals surface area contributed by atoms with Crippen molar-refractivity contribution in [3.05, 3.63) is 36.3 Å². The van der Waals surface area contributed by atoms with E-state index in [9.17, 15) is 4.79 Å². The first-order chi connectivity index (χ1) is 9.78. The SMILES string of the molecule is COC(=O)C1CCCCN1Cc1cn2ccccc2n1. The third-order valence-electron chi connectivity index (χ3n) is 3.87. The number of likely N-dealkylation sites (tertiary alicyclic amines) is 1. The molecule has 3 heterocycles. The van der Waals surface area contributed by atoms with E-state index in [1.807, 2.05) is 35.0 Å². The number of rotatable bonds is 3. The highest BCUT2D eigenvalue weighted by Crippen LogP contribution is 2.20. The molecule has 2 aromatic heterocycles. The molecule has 1 aliphatic rings. The van der Waals surface area contributed by atoms with Gasteiger partial charge in [-0.15, -0.1) is 0 Å². The summed E-state index contributed by atoms with van der Waals surface area (Å²) in [4.78, 5) is 18.6. The van der Waals surface area contributed by atoms with Crippen molar-refractivity contribution in [2.75, 3.05) is 13.7 Å². The van der Waals surface area contributed by atoms with E-state index in [2.05, 4.69) is 9.88 Å². The van der Waals surface area contributed by atoms with Crippen LogP contribution in [0, 0.1) is 0 Å². The van der Waals surface area contributed by atoms with Crippen molar-refractivity contribution < 1.29 is 9.53 Å². The van der Waals surface area contributed by atoms with Crippen molar-refractivity contribution >= 4 is 11.6 Å². The summed E-state index contributed by atoms with van der Waals surface area (Å²) in [6.07, 6.45) is 7.10. The molecule has 1 unspecified atom stereocenters. The van der Waals surface area contributed by atoms with Crippen LogP contribution in [0.3, 0.4) is 0 Å². The van der Waals surface area contributed by atoms with Crippen LogP contribution in [0.25, 0.3) is 5.65 Å². The topological polar surface area (TPSA) is 46.8 Å². The normalized spacial score (nSPS) is 20.1. The summed E-state index contributed by atoms with van der Waals surface area (Å²) in [6.45, 7) is 1.62. The van der Waals surface area contributed by atoms with E-state index < -0.39 is 0 Å². The van der Waals surface area contributed by atoms with Crippen molar-refractivity contribution in [2.45, 2.75) is 31.8 Å². The number of esters is 1.